The number of esters is 1. The Balaban J connectivity index is 1.38. The van der Waals surface area contributed by atoms with Crippen LogP contribution in [0.5, 0.6) is 0 Å². The first-order valence-corrected chi connectivity index (χ1v) is 17.1. The first kappa shape index (κ1) is 34.1. The number of nitrogens with one attached hydrogen (secondary N) is 2. The second-order valence-corrected chi connectivity index (χ2v) is 13.9. The molecule has 0 unspecified atom stereocenters. The molecule has 12 heteroatoms. The zero-order valence-corrected chi connectivity index (χ0v) is 28.1. The van der Waals surface area contributed by atoms with E-state index in [0.717, 1.165) is 11.1 Å². The summed E-state index contributed by atoms with van der Waals surface area (Å²) in [4.78, 5) is 56.2. The maximum Gasteiger partial charge on any atom is 0.408 e. The Morgan fingerprint density at radius 2 is 1.47 bits per heavy atom. The second-order valence-electron chi connectivity index (χ2n) is 11.8. The summed E-state index contributed by atoms with van der Waals surface area (Å²) in [5, 5.41) is 4.88. The standard InChI is InChI=1S/C35H37N3O7S2/c1-35(2,3)45-34(42)37-26(22-14-8-5-9-15-22)30(39)36-27-31(40)38-28(25(47-21-43-4)20-46-32(27)38)33(41)44-29(23-16-10-6-11-17-23)24-18-12-7-13-19-24/h5-19,26-27,29,32H,20-21H2,1-4H3,(H,36,39)(H,37,42)/t26-,27-,32-/m1/s1. The summed E-state index contributed by atoms with van der Waals surface area (Å²) < 4.78 is 16.8. The molecule has 246 valence electrons. The van der Waals surface area contributed by atoms with E-state index in [1.807, 2.05) is 60.7 Å². The van der Waals surface area contributed by atoms with Crippen LogP contribution in [0.15, 0.2) is 102 Å². The number of amides is 3. The van der Waals surface area contributed by atoms with E-state index >= 15 is 0 Å². The molecule has 10 nitrogen and oxygen atoms in total. The number of hydrogen-bond donors (Lipinski definition) is 2. The highest BCUT2D eigenvalue weighted by Crippen LogP contribution is 2.44. The number of hydrogen-bond acceptors (Lipinski definition) is 9. The van der Waals surface area contributed by atoms with Crippen LogP contribution in [0, 0.1) is 0 Å². The zero-order chi connectivity index (χ0) is 33.6. The number of methoxy groups -OCH3 is 1. The fraction of sp³-hybridized carbons (Fsp3) is 0.314. The van der Waals surface area contributed by atoms with Crippen LogP contribution < -0.4 is 10.6 Å². The fourth-order valence-corrected chi connectivity index (χ4v) is 7.49. The lowest BCUT2D eigenvalue weighted by Crippen LogP contribution is -2.71. The molecule has 3 atom stereocenters. The van der Waals surface area contributed by atoms with Crippen molar-refractivity contribution >= 4 is 47.4 Å². The Labute approximate surface area is 282 Å². The van der Waals surface area contributed by atoms with Gasteiger partial charge in [0.1, 0.15) is 28.8 Å². The number of rotatable bonds is 11. The minimum absolute atomic E-state index is 0.134. The lowest BCUT2D eigenvalue weighted by Gasteiger charge is -2.49. The summed E-state index contributed by atoms with van der Waals surface area (Å²) in [6, 6.07) is 25.5. The molecule has 0 bridgehead atoms. The molecule has 0 radical (unpaired) electrons. The number of nitrogens with zero attached hydrogens (tertiary/aromatic N) is 1. The van der Waals surface area contributed by atoms with Crippen LogP contribution in [-0.4, -0.2) is 64.6 Å². The van der Waals surface area contributed by atoms with Gasteiger partial charge in [-0.2, -0.15) is 0 Å². The van der Waals surface area contributed by atoms with Gasteiger partial charge in [0, 0.05) is 17.8 Å². The Morgan fingerprint density at radius 1 is 0.915 bits per heavy atom. The van der Waals surface area contributed by atoms with Gasteiger partial charge in [-0.15, -0.1) is 11.8 Å². The van der Waals surface area contributed by atoms with E-state index in [0.29, 0.717) is 16.2 Å². The van der Waals surface area contributed by atoms with Gasteiger partial charge in [-0.25, -0.2) is 9.59 Å². The SMILES string of the molecule is COCSC1=C(C(=O)OC(c2ccccc2)c2ccccc2)N2C(=O)[C@@H](NC(=O)[C@H](NC(=O)OC(C)(C)C)c3ccccc3)[C@H]2SC1. The van der Waals surface area contributed by atoms with Crippen LogP contribution in [0.2, 0.25) is 0 Å². The van der Waals surface area contributed by atoms with E-state index in [9.17, 15) is 19.2 Å². The van der Waals surface area contributed by atoms with E-state index in [-0.39, 0.29) is 11.6 Å². The third-order valence-electron chi connectivity index (χ3n) is 7.26. The van der Waals surface area contributed by atoms with E-state index < -0.39 is 53.0 Å². The number of benzene rings is 3. The van der Waals surface area contributed by atoms with Gasteiger partial charge in [0.25, 0.3) is 5.91 Å². The molecule has 2 aliphatic heterocycles. The predicted octanol–water partition coefficient (Wildman–Crippen LogP) is 5.53. The van der Waals surface area contributed by atoms with Gasteiger partial charge in [0.15, 0.2) is 6.10 Å². The smallest absolute Gasteiger partial charge is 0.408 e. The molecule has 1 fully saturated rings. The number of carbonyl (C=O) groups excluding carboxylic acids is 4. The van der Waals surface area contributed by atoms with E-state index in [2.05, 4.69) is 10.6 Å². The lowest BCUT2D eigenvalue weighted by atomic mass is 10.0. The van der Waals surface area contributed by atoms with Crippen molar-refractivity contribution in [3.63, 3.8) is 0 Å². The molecule has 0 aromatic heterocycles. The quantitative estimate of drug-likeness (QED) is 0.153. The van der Waals surface area contributed by atoms with Crippen molar-refractivity contribution in [2.24, 2.45) is 0 Å². The Bertz CT molecular complexity index is 1570. The third kappa shape index (κ3) is 8.19. The molecule has 2 N–H and O–H groups in total. The average Bonchev–Trinajstić information content (AvgIpc) is 3.07. The van der Waals surface area contributed by atoms with Gasteiger partial charge in [0.2, 0.25) is 5.91 Å². The molecule has 0 aliphatic carbocycles. The number of β-lactam (4-membered cyclic amide) rings is 1. The van der Waals surface area contributed by atoms with Crippen molar-refractivity contribution < 1.29 is 33.4 Å². The van der Waals surface area contributed by atoms with Gasteiger partial charge in [-0.05, 0) is 37.5 Å². The fourth-order valence-electron chi connectivity index (χ4n) is 5.18. The van der Waals surface area contributed by atoms with Crippen LogP contribution in [0.25, 0.3) is 0 Å². The summed E-state index contributed by atoms with van der Waals surface area (Å²) in [7, 11) is 1.56. The minimum Gasteiger partial charge on any atom is -0.448 e. The molecule has 0 spiro atoms. The molecule has 0 saturated carbocycles. The number of ether oxygens (including phenoxy) is 3. The van der Waals surface area contributed by atoms with E-state index in [4.69, 9.17) is 14.2 Å². The molecule has 3 aromatic rings. The van der Waals surface area contributed by atoms with Gasteiger partial charge >= 0.3 is 12.1 Å². The van der Waals surface area contributed by atoms with Gasteiger partial charge in [-0.1, -0.05) is 103 Å². The Kier molecular flexibility index (Phi) is 10.9. The van der Waals surface area contributed by atoms with Crippen LogP contribution in [-0.2, 0) is 28.6 Å². The number of thioether (sulfide) groups is 2. The highest BCUT2D eigenvalue weighted by Gasteiger charge is 2.55. The highest BCUT2D eigenvalue weighted by atomic mass is 32.2. The Morgan fingerprint density at radius 3 is 2.00 bits per heavy atom. The van der Waals surface area contributed by atoms with Crippen molar-refractivity contribution in [1.82, 2.24) is 15.5 Å². The highest BCUT2D eigenvalue weighted by molar-refractivity contribution is 8.06. The van der Waals surface area contributed by atoms with E-state index in [1.165, 1.54) is 28.4 Å². The van der Waals surface area contributed by atoms with Crippen LogP contribution in [0.4, 0.5) is 4.79 Å². The molecular weight excluding hydrogens is 639 g/mol. The molecular formula is C35H37N3O7S2. The summed E-state index contributed by atoms with van der Waals surface area (Å²) in [5.74, 6) is -1.02. The van der Waals surface area contributed by atoms with Gasteiger partial charge < -0.3 is 24.8 Å². The third-order valence-corrected chi connectivity index (χ3v) is 9.76. The molecule has 47 heavy (non-hydrogen) atoms. The minimum atomic E-state index is -1.12. The molecule has 3 amide bonds. The number of fused-ring (bicyclic) bond motifs is 1. The Hall–Kier alpha value is -4.26. The van der Waals surface area contributed by atoms with Crippen LogP contribution in [0.3, 0.4) is 0 Å². The molecule has 1 saturated heterocycles. The second kappa shape index (κ2) is 15.1. The van der Waals surface area contributed by atoms with Crippen molar-refractivity contribution in [3.8, 4) is 0 Å². The molecule has 2 aliphatic rings. The first-order chi connectivity index (χ1) is 22.6. The average molecular weight is 676 g/mol. The number of carbonyl (C=O) groups is 4. The first-order valence-electron chi connectivity index (χ1n) is 15.0. The van der Waals surface area contributed by atoms with Gasteiger partial charge in [-0.3, -0.25) is 14.5 Å². The number of alkyl carbamates (subject to hydrolysis) is 1. The predicted molar refractivity (Wildman–Crippen MR) is 181 cm³/mol. The molecule has 5 rings (SSSR count). The van der Waals surface area contributed by atoms with Crippen molar-refractivity contribution in [1.29, 1.82) is 0 Å². The maximum atomic E-state index is 14.0. The monoisotopic (exact) mass is 675 g/mol. The largest absolute Gasteiger partial charge is 0.448 e. The summed E-state index contributed by atoms with van der Waals surface area (Å²) in [6.45, 7) is 5.18. The lowest BCUT2D eigenvalue weighted by molar-refractivity contribution is -0.154. The van der Waals surface area contributed by atoms with Crippen molar-refractivity contribution in [3.05, 3.63) is 118 Å². The summed E-state index contributed by atoms with van der Waals surface area (Å²) in [5.41, 5.74) is 1.44. The van der Waals surface area contributed by atoms with Gasteiger partial charge in [0.05, 0.1) is 5.94 Å². The topological polar surface area (TPSA) is 123 Å². The maximum absolute atomic E-state index is 14.0. The normalized spacial score (nSPS) is 18.1. The summed E-state index contributed by atoms with van der Waals surface area (Å²) >= 11 is 2.74. The van der Waals surface area contributed by atoms with E-state index in [1.54, 1.807) is 58.2 Å². The van der Waals surface area contributed by atoms with Crippen LogP contribution >= 0.6 is 23.5 Å². The molecule has 2 heterocycles. The van der Waals surface area contributed by atoms with Crippen molar-refractivity contribution in [2.45, 2.75) is 49.9 Å². The van der Waals surface area contributed by atoms with Crippen molar-refractivity contribution in [2.75, 3.05) is 18.8 Å². The zero-order valence-electron chi connectivity index (χ0n) is 26.5. The van der Waals surface area contributed by atoms with Crippen LogP contribution in [0.1, 0.15) is 49.6 Å². The summed E-state index contributed by atoms with van der Waals surface area (Å²) in [6.07, 6.45) is -1.48. The molecule has 3 aromatic carbocycles.